The Balaban J connectivity index is 1.81. The van der Waals surface area contributed by atoms with E-state index in [1.807, 2.05) is 0 Å². The normalized spacial score (nSPS) is 16.6. The second kappa shape index (κ2) is 9.47. The summed E-state index contributed by atoms with van der Waals surface area (Å²) < 4.78 is 25.4. The lowest BCUT2D eigenvalue weighted by molar-refractivity contribution is 0.228. The minimum Gasteiger partial charge on any atom is -0.338 e. The van der Waals surface area contributed by atoms with E-state index < -0.39 is 10.0 Å². The standard InChI is InChI=1S/C22H37N3O3S/c1-7-29(27,28)25-12-9-19(10-13-25)24-21(26)23-11-8-20-16(2)14-18(15-17(20)3)22(4,5)6/h14-15,19H,7-13H2,1-6H3,(H2,23,24,26). The molecule has 0 aromatic heterocycles. The fourth-order valence-electron chi connectivity index (χ4n) is 3.82. The van der Waals surface area contributed by atoms with Gasteiger partial charge in [-0.2, -0.15) is 0 Å². The van der Waals surface area contributed by atoms with Crippen molar-refractivity contribution in [3.63, 3.8) is 0 Å². The third-order valence-electron chi connectivity index (χ3n) is 5.77. The summed E-state index contributed by atoms with van der Waals surface area (Å²) in [5, 5.41) is 5.93. The highest BCUT2D eigenvalue weighted by Crippen LogP contribution is 2.27. The predicted molar refractivity (Wildman–Crippen MR) is 119 cm³/mol. The molecule has 0 spiro atoms. The Labute approximate surface area is 176 Å². The zero-order chi connectivity index (χ0) is 21.8. The Morgan fingerprint density at radius 1 is 1.14 bits per heavy atom. The van der Waals surface area contributed by atoms with Crippen LogP contribution in [0.3, 0.4) is 0 Å². The number of hydrogen-bond donors (Lipinski definition) is 2. The van der Waals surface area contributed by atoms with E-state index in [-0.39, 0.29) is 23.2 Å². The van der Waals surface area contributed by atoms with Crippen LogP contribution >= 0.6 is 0 Å². The summed E-state index contributed by atoms with van der Waals surface area (Å²) >= 11 is 0. The molecule has 2 N–H and O–H groups in total. The lowest BCUT2D eigenvalue weighted by atomic mass is 9.83. The Morgan fingerprint density at radius 3 is 2.17 bits per heavy atom. The van der Waals surface area contributed by atoms with Gasteiger partial charge in [-0.25, -0.2) is 17.5 Å². The largest absolute Gasteiger partial charge is 0.338 e. The van der Waals surface area contributed by atoms with E-state index in [9.17, 15) is 13.2 Å². The van der Waals surface area contributed by atoms with Gasteiger partial charge in [0, 0.05) is 25.7 Å². The number of nitrogens with one attached hydrogen (secondary N) is 2. The molecule has 0 bridgehead atoms. The molecular formula is C22H37N3O3S. The van der Waals surface area contributed by atoms with Gasteiger partial charge in [0.15, 0.2) is 0 Å². The van der Waals surface area contributed by atoms with Crippen molar-refractivity contribution < 1.29 is 13.2 Å². The Morgan fingerprint density at radius 2 is 1.69 bits per heavy atom. The van der Waals surface area contributed by atoms with E-state index in [4.69, 9.17) is 0 Å². The van der Waals surface area contributed by atoms with Gasteiger partial charge in [-0.05, 0) is 67.7 Å². The number of rotatable bonds is 6. The molecule has 0 aliphatic carbocycles. The van der Waals surface area contributed by atoms with Crippen LogP contribution in [0.15, 0.2) is 12.1 Å². The van der Waals surface area contributed by atoms with Gasteiger partial charge in [0.05, 0.1) is 5.75 Å². The maximum atomic E-state index is 12.2. The Kier molecular flexibility index (Phi) is 7.74. The van der Waals surface area contributed by atoms with Crippen LogP contribution in [-0.4, -0.2) is 50.2 Å². The quantitative estimate of drug-likeness (QED) is 0.737. The molecule has 0 unspecified atom stereocenters. The number of carbonyl (C=O) groups excluding carboxylic acids is 1. The molecule has 0 radical (unpaired) electrons. The third kappa shape index (κ3) is 6.44. The van der Waals surface area contributed by atoms with E-state index in [0.29, 0.717) is 32.5 Å². The summed E-state index contributed by atoms with van der Waals surface area (Å²) in [6.07, 6.45) is 2.10. The van der Waals surface area contributed by atoms with Gasteiger partial charge in [-0.3, -0.25) is 0 Å². The van der Waals surface area contributed by atoms with Crippen LogP contribution in [0.1, 0.15) is 62.8 Å². The number of aryl methyl sites for hydroxylation is 2. The molecular weight excluding hydrogens is 386 g/mol. The second-order valence-corrected chi connectivity index (χ2v) is 11.3. The van der Waals surface area contributed by atoms with Gasteiger partial charge in [-0.15, -0.1) is 0 Å². The number of nitrogens with zero attached hydrogens (tertiary/aromatic N) is 1. The maximum absolute atomic E-state index is 12.2. The zero-order valence-electron chi connectivity index (χ0n) is 18.8. The summed E-state index contributed by atoms with van der Waals surface area (Å²) in [7, 11) is -3.13. The first-order valence-electron chi connectivity index (χ1n) is 10.6. The van der Waals surface area contributed by atoms with Crippen molar-refractivity contribution in [3.8, 4) is 0 Å². The molecule has 1 aromatic carbocycles. The van der Waals surface area contributed by atoms with Crippen molar-refractivity contribution in [1.82, 2.24) is 14.9 Å². The molecule has 1 fully saturated rings. The lowest BCUT2D eigenvalue weighted by Gasteiger charge is -2.31. The highest BCUT2D eigenvalue weighted by atomic mass is 32.2. The monoisotopic (exact) mass is 423 g/mol. The Hall–Kier alpha value is -1.60. The molecule has 1 aliphatic heterocycles. The first kappa shape index (κ1) is 23.7. The average molecular weight is 424 g/mol. The number of piperidine rings is 1. The molecule has 164 valence electrons. The van der Waals surface area contributed by atoms with Gasteiger partial charge in [0.1, 0.15) is 0 Å². The number of hydrogen-bond acceptors (Lipinski definition) is 3. The van der Waals surface area contributed by atoms with E-state index in [2.05, 4.69) is 57.4 Å². The third-order valence-corrected chi connectivity index (χ3v) is 7.65. The number of benzene rings is 1. The summed E-state index contributed by atoms with van der Waals surface area (Å²) in [5.41, 5.74) is 5.27. The molecule has 29 heavy (non-hydrogen) atoms. The first-order valence-corrected chi connectivity index (χ1v) is 12.2. The van der Waals surface area contributed by atoms with Crippen LogP contribution in [0.4, 0.5) is 4.79 Å². The van der Waals surface area contributed by atoms with Crippen LogP contribution in [0.5, 0.6) is 0 Å². The highest BCUT2D eigenvalue weighted by molar-refractivity contribution is 7.89. The second-order valence-electron chi connectivity index (χ2n) is 9.06. The van der Waals surface area contributed by atoms with Crippen LogP contribution in [0.2, 0.25) is 0 Å². The topological polar surface area (TPSA) is 78.5 Å². The lowest BCUT2D eigenvalue weighted by Crippen LogP contribution is -2.49. The maximum Gasteiger partial charge on any atom is 0.315 e. The van der Waals surface area contributed by atoms with Crippen molar-refractivity contribution in [2.45, 2.75) is 72.3 Å². The summed E-state index contributed by atoms with van der Waals surface area (Å²) in [6.45, 7) is 14.1. The average Bonchev–Trinajstić information content (AvgIpc) is 2.63. The molecule has 1 aromatic rings. The van der Waals surface area contributed by atoms with Crippen LogP contribution < -0.4 is 10.6 Å². The fraction of sp³-hybridized carbons (Fsp3) is 0.682. The van der Waals surface area contributed by atoms with E-state index >= 15 is 0 Å². The minimum atomic E-state index is -3.13. The SMILES string of the molecule is CCS(=O)(=O)N1CCC(NC(=O)NCCc2c(C)cc(C(C)(C)C)cc2C)CC1. The number of sulfonamides is 1. The molecule has 6 nitrogen and oxygen atoms in total. The molecule has 2 amide bonds. The van der Waals surface area contributed by atoms with Crippen molar-refractivity contribution in [1.29, 1.82) is 0 Å². The molecule has 1 aliphatic rings. The van der Waals surface area contributed by atoms with Crippen LogP contribution in [0.25, 0.3) is 0 Å². The zero-order valence-corrected chi connectivity index (χ0v) is 19.6. The number of urea groups is 1. The van der Waals surface area contributed by atoms with E-state index in [1.165, 1.54) is 26.6 Å². The van der Waals surface area contributed by atoms with Gasteiger partial charge in [-0.1, -0.05) is 32.9 Å². The van der Waals surface area contributed by atoms with E-state index in [0.717, 1.165) is 6.42 Å². The van der Waals surface area contributed by atoms with Crippen LogP contribution in [0, 0.1) is 13.8 Å². The first-order chi connectivity index (χ1) is 13.4. The van der Waals surface area contributed by atoms with Crippen molar-refractivity contribution in [2.24, 2.45) is 0 Å². The molecule has 1 heterocycles. The van der Waals surface area contributed by atoms with Crippen molar-refractivity contribution >= 4 is 16.1 Å². The molecule has 0 atom stereocenters. The summed E-state index contributed by atoms with van der Waals surface area (Å²) in [5.74, 6) is 0.126. The van der Waals surface area contributed by atoms with Gasteiger partial charge in [0.25, 0.3) is 0 Å². The molecule has 0 saturated carbocycles. The summed E-state index contributed by atoms with van der Waals surface area (Å²) in [4.78, 5) is 12.2. The molecule has 1 saturated heterocycles. The fourth-order valence-corrected chi connectivity index (χ4v) is 4.95. The highest BCUT2D eigenvalue weighted by Gasteiger charge is 2.27. The molecule has 2 rings (SSSR count). The van der Waals surface area contributed by atoms with Gasteiger partial charge in [0.2, 0.25) is 10.0 Å². The predicted octanol–water partition coefficient (Wildman–Crippen LogP) is 3.26. The van der Waals surface area contributed by atoms with Crippen LogP contribution in [-0.2, 0) is 21.9 Å². The summed E-state index contributed by atoms with van der Waals surface area (Å²) in [6, 6.07) is 4.34. The van der Waals surface area contributed by atoms with Gasteiger partial charge >= 0.3 is 6.03 Å². The number of carbonyl (C=O) groups is 1. The van der Waals surface area contributed by atoms with Crippen molar-refractivity contribution in [3.05, 3.63) is 34.4 Å². The smallest absolute Gasteiger partial charge is 0.315 e. The number of amides is 2. The molecule has 7 heteroatoms. The Bertz CT molecular complexity index is 797. The van der Waals surface area contributed by atoms with E-state index in [1.54, 1.807) is 6.92 Å². The van der Waals surface area contributed by atoms with Crippen molar-refractivity contribution in [2.75, 3.05) is 25.4 Å². The minimum absolute atomic E-state index is 0.0212. The van der Waals surface area contributed by atoms with Gasteiger partial charge < -0.3 is 10.6 Å².